The third kappa shape index (κ3) is 4.15. The normalized spacial score (nSPS) is 8.83. The monoisotopic (exact) mass is 267 g/mol. The molecule has 4 heteroatoms. The highest BCUT2D eigenvalue weighted by Crippen LogP contribution is 2.17. The fourth-order valence-corrected chi connectivity index (χ4v) is 1.42. The van der Waals surface area contributed by atoms with Crippen molar-refractivity contribution in [2.24, 2.45) is 0 Å². The second-order valence-corrected chi connectivity index (χ2v) is 3.51. The first-order valence-corrected chi connectivity index (χ1v) is 6.70. The summed E-state index contributed by atoms with van der Waals surface area (Å²) in [5.74, 6) is 0. The second kappa shape index (κ2) is 8.70. The summed E-state index contributed by atoms with van der Waals surface area (Å²) in [5.41, 5.74) is 2.96. The molecule has 0 fully saturated rings. The molecule has 0 saturated carbocycles. The van der Waals surface area contributed by atoms with Crippen LogP contribution in [0.15, 0.2) is 24.5 Å². The van der Waals surface area contributed by atoms with Gasteiger partial charge < -0.3 is 0 Å². The Balaban J connectivity index is 0.000000659. The molecule has 0 aliphatic heterocycles. The first kappa shape index (κ1) is 16.6. The van der Waals surface area contributed by atoms with Gasteiger partial charge in [-0.1, -0.05) is 39.3 Å². The molecule has 100 valence electrons. The van der Waals surface area contributed by atoms with Crippen molar-refractivity contribution >= 4 is 11.6 Å². The minimum absolute atomic E-state index is 0.468. The Morgan fingerprint density at radius 2 is 1.72 bits per heavy atom. The Kier molecular flexibility index (Phi) is 8.05. The van der Waals surface area contributed by atoms with E-state index in [1.165, 1.54) is 0 Å². The molecule has 0 aromatic carbocycles. The van der Waals surface area contributed by atoms with Gasteiger partial charge in [-0.15, -0.1) is 0 Å². The number of rotatable bonds is 1. The Labute approximate surface area is 115 Å². The average molecular weight is 268 g/mol. The Morgan fingerprint density at radius 3 is 2.17 bits per heavy atom. The lowest BCUT2D eigenvalue weighted by Gasteiger charge is -2.01. The Morgan fingerprint density at radius 1 is 1.11 bits per heavy atom. The maximum Gasteiger partial charge on any atom is 0.154 e. The third-order valence-electron chi connectivity index (χ3n) is 2.13. The maximum absolute atomic E-state index is 5.95. The summed E-state index contributed by atoms with van der Waals surface area (Å²) in [6.07, 6.45) is 3.60. The van der Waals surface area contributed by atoms with Crippen LogP contribution in [0.4, 0.5) is 0 Å². The highest BCUT2D eigenvalue weighted by Gasteiger charge is 2.05. The van der Waals surface area contributed by atoms with Crippen molar-refractivity contribution in [2.75, 3.05) is 0 Å². The van der Waals surface area contributed by atoms with Gasteiger partial charge in [0.2, 0.25) is 0 Å². The number of hydrogen-bond donors (Lipinski definition) is 0. The van der Waals surface area contributed by atoms with E-state index in [0.717, 1.165) is 16.9 Å². The zero-order chi connectivity index (χ0) is 14.1. The van der Waals surface area contributed by atoms with Crippen LogP contribution in [0, 0.1) is 13.8 Å². The minimum atomic E-state index is 0.468. The summed E-state index contributed by atoms with van der Waals surface area (Å²) in [6.45, 7) is 12.0. The summed E-state index contributed by atoms with van der Waals surface area (Å²) in [6, 6.07) is 3.73. The molecule has 0 saturated heterocycles. The smallest absolute Gasteiger partial charge is 0.154 e. The molecule has 0 atom stereocenters. The zero-order valence-corrected chi connectivity index (χ0v) is 12.8. The lowest BCUT2D eigenvalue weighted by molar-refractivity contribution is 0.857. The lowest BCUT2D eigenvalue weighted by atomic mass is 10.3. The molecule has 0 N–H and O–H groups in total. The molecule has 0 bridgehead atoms. The molecule has 0 spiro atoms. The van der Waals surface area contributed by atoms with Gasteiger partial charge in [0.1, 0.15) is 5.69 Å². The summed E-state index contributed by atoms with van der Waals surface area (Å²) in [4.78, 5) is 4.00. The van der Waals surface area contributed by atoms with Gasteiger partial charge >= 0.3 is 0 Å². The van der Waals surface area contributed by atoms with E-state index >= 15 is 0 Å². The Bertz CT molecular complexity index is 444. The average Bonchev–Trinajstić information content (AvgIpc) is 2.75. The standard InChI is InChI=1S/C10H10ClN3.2C2H6/c1-7-6-14(13-8(7)2)9-4-3-5-12-10(9)11;2*1-2/h3-6H,1-2H3;2*1-2H3. The molecule has 0 aliphatic rings. The van der Waals surface area contributed by atoms with Crippen molar-refractivity contribution in [3.63, 3.8) is 0 Å². The molecule has 0 aliphatic carbocycles. The van der Waals surface area contributed by atoms with Gasteiger partial charge in [-0.05, 0) is 31.5 Å². The Hall–Kier alpha value is -1.35. The highest BCUT2D eigenvalue weighted by atomic mass is 35.5. The number of halogens is 1. The third-order valence-corrected chi connectivity index (χ3v) is 2.42. The largest absolute Gasteiger partial charge is 0.242 e. The topological polar surface area (TPSA) is 30.7 Å². The molecular formula is C14H22ClN3. The van der Waals surface area contributed by atoms with E-state index in [1.807, 2.05) is 59.9 Å². The van der Waals surface area contributed by atoms with Crippen molar-refractivity contribution in [1.82, 2.24) is 14.8 Å². The van der Waals surface area contributed by atoms with Gasteiger partial charge in [0.05, 0.1) is 5.69 Å². The molecule has 2 aromatic rings. The van der Waals surface area contributed by atoms with E-state index in [9.17, 15) is 0 Å². The summed E-state index contributed by atoms with van der Waals surface area (Å²) >= 11 is 5.95. The quantitative estimate of drug-likeness (QED) is 0.708. The molecule has 0 radical (unpaired) electrons. The molecule has 0 amide bonds. The van der Waals surface area contributed by atoms with Gasteiger partial charge in [-0.2, -0.15) is 5.10 Å². The summed E-state index contributed by atoms with van der Waals surface area (Å²) in [7, 11) is 0. The van der Waals surface area contributed by atoms with Crippen molar-refractivity contribution in [2.45, 2.75) is 41.5 Å². The SMILES string of the molecule is CC.CC.Cc1cn(-c2cccnc2Cl)nc1C. The second-order valence-electron chi connectivity index (χ2n) is 3.16. The van der Waals surface area contributed by atoms with E-state index < -0.39 is 0 Å². The molecular weight excluding hydrogens is 246 g/mol. The molecule has 18 heavy (non-hydrogen) atoms. The van der Waals surface area contributed by atoms with Gasteiger partial charge in [0.25, 0.3) is 0 Å². The van der Waals surface area contributed by atoms with Crippen LogP contribution in [0.1, 0.15) is 39.0 Å². The van der Waals surface area contributed by atoms with Crippen LogP contribution in [-0.4, -0.2) is 14.8 Å². The van der Waals surface area contributed by atoms with E-state index in [1.54, 1.807) is 10.9 Å². The molecule has 2 heterocycles. The van der Waals surface area contributed by atoms with Crippen molar-refractivity contribution < 1.29 is 0 Å². The van der Waals surface area contributed by atoms with E-state index in [2.05, 4.69) is 10.1 Å². The fourth-order valence-electron chi connectivity index (χ4n) is 1.22. The van der Waals surface area contributed by atoms with Crippen LogP contribution in [0.5, 0.6) is 0 Å². The van der Waals surface area contributed by atoms with Crippen molar-refractivity contribution in [1.29, 1.82) is 0 Å². The van der Waals surface area contributed by atoms with Crippen LogP contribution >= 0.6 is 11.6 Å². The summed E-state index contributed by atoms with van der Waals surface area (Å²) in [5, 5.41) is 4.80. The fraction of sp³-hybridized carbons (Fsp3) is 0.429. The summed E-state index contributed by atoms with van der Waals surface area (Å²) < 4.78 is 1.75. The number of pyridine rings is 1. The number of nitrogens with zero attached hydrogens (tertiary/aromatic N) is 3. The van der Waals surface area contributed by atoms with Crippen LogP contribution < -0.4 is 0 Å². The van der Waals surface area contributed by atoms with Crippen LogP contribution in [0.3, 0.4) is 0 Å². The molecule has 2 aromatic heterocycles. The highest BCUT2D eigenvalue weighted by molar-refractivity contribution is 6.31. The van der Waals surface area contributed by atoms with E-state index in [0.29, 0.717) is 5.15 Å². The first-order valence-electron chi connectivity index (χ1n) is 6.32. The van der Waals surface area contributed by atoms with Gasteiger partial charge in [0.15, 0.2) is 5.15 Å². The van der Waals surface area contributed by atoms with E-state index in [-0.39, 0.29) is 0 Å². The first-order chi connectivity index (χ1) is 8.68. The molecule has 3 nitrogen and oxygen atoms in total. The van der Waals surface area contributed by atoms with Crippen molar-refractivity contribution in [3.05, 3.63) is 40.9 Å². The number of aromatic nitrogens is 3. The number of aryl methyl sites for hydroxylation is 2. The minimum Gasteiger partial charge on any atom is -0.242 e. The lowest BCUT2D eigenvalue weighted by Crippen LogP contribution is -1.96. The van der Waals surface area contributed by atoms with Crippen LogP contribution in [-0.2, 0) is 0 Å². The number of hydrogen-bond acceptors (Lipinski definition) is 2. The van der Waals surface area contributed by atoms with Crippen molar-refractivity contribution in [3.8, 4) is 5.69 Å². The molecule has 2 rings (SSSR count). The van der Waals surface area contributed by atoms with Crippen LogP contribution in [0.25, 0.3) is 5.69 Å². The van der Waals surface area contributed by atoms with Gasteiger partial charge in [0, 0.05) is 12.4 Å². The molecule has 0 unspecified atom stereocenters. The van der Waals surface area contributed by atoms with Gasteiger partial charge in [-0.25, -0.2) is 9.67 Å². The van der Waals surface area contributed by atoms with Crippen LogP contribution in [0.2, 0.25) is 5.15 Å². The van der Waals surface area contributed by atoms with E-state index in [4.69, 9.17) is 11.6 Å². The predicted molar refractivity (Wildman–Crippen MR) is 78.5 cm³/mol. The maximum atomic E-state index is 5.95. The zero-order valence-electron chi connectivity index (χ0n) is 12.0. The predicted octanol–water partition coefficient (Wildman–Crippen LogP) is 4.59. The van der Waals surface area contributed by atoms with Gasteiger partial charge in [-0.3, -0.25) is 0 Å².